The third-order valence-corrected chi connectivity index (χ3v) is 4.69. The molecule has 118 valence electrons. The van der Waals surface area contributed by atoms with E-state index in [2.05, 4.69) is 10.3 Å². The first-order valence-corrected chi connectivity index (χ1v) is 7.72. The minimum atomic E-state index is -0.470. The van der Waals surface area contributed by atoms with Gasteiger partial charge in [0.25, 0.3) is 0 Å². The topological polar surface area (TPSA) is 65.1 Å². The molecule has 3 N–H and O–H groups in total. The van der Waals surface area contributed by atoms with Crippen LogP contribution in [0.2, 0.25) is 0 Å². The summed E-state index contributed by atoms with van der Waals surface area (Å²) in [6.45, 7) is 1.86. The second-order valence-corrected chi connectivity index (χ2v) is 6.29. The number of fused-ring (bicyclic) bond motifs is 1. The van der Waals surface area contributed by atoms with Crippen LogP contribution in [0.3, 0.4) is 0 Å². The predicted octanol–water partition coefficient (Wildman–Crippen LogP) is 2.58. The molecule has 1 aromatic heterocycles. The third kappa shape index (κ3) is 2.73. The molecule has 2 aromatic rings. The van der Waals surface area contributed by atoms with Gasteiger partial charge in [-0.3, -0.25) is 4.79 Å². The van der Waals surface area contributed by atoms with E-state index in [-0.39, 0.29) is 24.8 Å². The van der Waals surface area contributed by atoms with Crippen molar-refractivity contribution < 1.29 is 14.3 Å². The second-order valence-electron chi connectivity index (χ2n) is 6.29. The number of benzene rings is 1. The Morgan fingerprint density at radius 3 is 2.82 bits per heavy atom. The maximum atomic E-state index is 13.5. The van der Waals surface area contributed by atoms with Crippen LogP contribution in [0.5, 0.6) is 0 Å². The quantitative estimate of drug-likeness (QED) is 0.813. The number of aromatic amines is 1. The lowest BCUT2D eigenvalue weighted by atomic mass is 9.98. The van der Waals surface area contributed by atoms with Crippen LogP contribution in [0.1, 0.15) is 36.9 Å². The lowest BCUT2D eigenvalue weighted by molar-refractivity contribution is -0.122. The number of aliphatic hydroxyl groups excluding tert-OH is 1. The number of hydrogen-bond donors (Lipinski definition) is 3. The van der Waals surface area contributed by atoms with Crippen molar-refractivity contribution in [2.24, 2.45) is 0 Å². The summed E-state index contributed by atoms with van der Waals surface area (Å²) in [5.41, 5.74) is 2.06. The highest BCUT2D eigenvalue weighted by Crippen LogP contribution is 2.30. The number of halogens is 1. The van der Waals surface area contributed by atoms with Gasteiger partial charge in [0.05, 0.1) is 18.6 Å². The van der Waals surface area contributed by atoms with Crippen LogP contribution >= 0.6 is 0 Å². The maximum Gasteiger partial charge on any atom is 0.225 e. The molecule has 0 saturated heterocycles. The minimum absolute atomic E-state index is 0.0275. The molecule has 0 atom stereocenters. The van der Waals surface area contributed by atoms with Crippen molar-refractivity contribution in [3.8, 4) is 0 Å². The summed E-state index contributed by atoms with van der Waals surface area (Å²) in [5.74, 6) is -0.431. The zero-order valence-electron chi connectivity index (χ0n) is 12.7. The monoisotopic (exact) mass is 304 g/mol. The van der Waals surface area contributed by atoms with E-state index >= 15 is 0 Å². The molecule has 1 aromatic carbocycles. The number of H-pyrrole nitrogens is 1. The summed E-state index contributed by atoms with van der Waals surface area (Å²) in [4.78, 5) is 15.6. The van der Waals surface area contributed by atoms with E-state index in [1.54, 1.807) is 6.07 Å². The highest BCUT2D eigenvalue weighted by atomic mass is 19.1. The van der Waals surface area contributed by atoms with Gasteiger partial charge in [0, 0.05) is 16.6 Å². The number of carbonyl (C=O) groups is 1. The smallest absolute Gasteiger partial charge is 0.225 e. The van der Waals surface area contributed by atoms with Crippen molar-refractivity contribution in [1.29, 1.82) is 0 Å². The number of nitrogens with one attached hydrogen (secondary N) is 2. The third-order valence-electron chi connectivity index (χ3n) is 4.69. The summed E-state index contributed by atoms with van der Waals surface area (Å²) in [5, 5.41) is 13.3. The van der Waals surface area contributed by atoms with Gasteiger partial charge >= 0.3 is 0 Å². The molecule has 0 radical (unpaired) electrons. The summed E-state index contributed by atoms with van der Waals surface area (Å²) < 4.78 is 13.5. The molecule has 0 spiro atoms. The van der Waals surface area contributed by atoms with Gasteiger partial charge in [-0.2, -0.15) is 0 Å². The van der Waals surface area contributed by atoms with Crippen LogP contribution in [-0.4, -0.2) is 28.1 Å². The number of aryl methyl sites for hydroxylation is 1. The van der Waals surface area contributed by atoms with Crippen LogP contribution in [0, 0.1) is 12.7 Å². The van der Waals surface area contributed by atoms with Gasteiger partial charge in [0.1, 0.15) is 5.82 Å². The molecule has 22 heavy (non-hydrogen) atoms. The van der Waals surface area contributed by atoms with Gasteiger partial charge in [0.15, 0.2) is 0 Å². The fourth-order valence-electron chi connectivity index (χ4n) is 3.46. The highest BCUT2D eigenvalue weighted by molar-refractivity contribution is 5.90. The summed E-state index contributed by atoms with van der Waals surface area (Å²) >= 11 is 0. The molecule has 1 fully saturated rings. The van der Waals surface area contributed by atoms with Crippen molar-refractivity contribution in [3.63, 3.8) is 0 Å². The number of carbonyl (C=O) groups excluding carboxylic acids is 1. The Kier molecular flexibility index (Phi) is 3.91. The maximum absolute atomic E-state index is 13.5. The van der Waals surface area contributed by atoms with Gasteiger partial charge in [-0.1, -0.05) is 12.8 Å². The van der Waals surface area contributed by atoms with E-state index in [9.17, 15) is 14.3 Å². The predicted molar refractivity (Wildman–Crippen MR) is 83.1 cm³/mol. The minimum Gasteiger partial charge on any atom is -0.394 e. The van der Waals surface area contributed by atoms with Crippen molar-refractivity contribution in [2.75, 3.05) is 6.61 Å². The number of aliphatic hydroxyl groups is 1. The summed E-state index contributed by atoms with van der Waals surface area (Å²) in [6, 6.07) is 4.55. The van der Waals surface area contributed by atoms with Crippen LogP contribution in [0.15, 0.2) is 18.2 Å². The zero-order chi connectivity index (χ0) is 15.7. The molecule has 1 saturated carbocycles. The van der Waals surface area contributed by atoms with Crippen molar-refractivity contribution in [3.05, 3.63) is 35.3 Å². The van der Waals surface area contributed by atoms with Crippen LogP contribution < -0.4 is 5.32 Å². The Balaban J connectivity index is 1.82. The second kappa shape index (κ2) is 5.72. The van der Waals surface area contributed by atoms with Gasteiger partial charge in [-0.25, -0.2) is 4.39 Å². The number of aromatic nitrogens is 1. The van der Waals surface area contributed by atoms with Gasteiger partial charge < -0.3 is 15.4 Å². The first-order valence-electron chi connectivity index (χ1n) is 7.72. The molecule has 3 rings (SSSR count). The SMILES string of the molecule is Cc1[nH]c2ccc(F)cc2c1CC(=O)NC1(CO)CCCC1. The molecular weight excluding hydrogens is 283 g/mol. The highest BCUT2D eigenvalue weighted by Gasteiger charge is 2.34. The van der Waals surface area contributed by atoms with Gasteiger partial charge in [0.2, 0.25) is 5.91 Å². The molecule has 1 aliphatic rings. The Hall–Kier alpha value is -1.88. The Bertz CT molecular complexity index is 702. The fraction of sp³-hybridized carbons (Fsp3) is 0.471. The lowest BCUT2D eigenvalue weighted by Crippen LogP contribution is -2.49. The molecule has 5 heteroatoms. The molecule has 1 aliphatic carbocycles. The summed E-state index contributed by atoms with van der Waals surface area (Å²) in [7, 11) is 0. The van der Waals surface area contributed by atoms with E-state index in [1.807, 2.05) is 6.92 Å². The van der Waals surface area contributed by atoms with Crippen molar-refractivity contribution in [1.82, 2.24) is 10.3 Å². The fourth-order valence-corrected chi connectivity index (χ4v) is 3.46. The van der Waals surface area contributed by atoms with E-state index in [0.717, 1.165) is 47.8 Å². The molecule has 1 heterocycles. The Labute approximate surface area is 128 Å². The first-order chi connectivity index (χ1) is 10.5. The molecule has 4 nitrogen and oxygen atoms in total. The summed E-state index contributed by atoms with van der Waals surface area (Å²) in [6.07, 6.45) is 3.88. The molecular formula is C17H21FN2O2. The number of rotatable bonds is 4. The van der Waals surface area contributed by atoms with Crippen molar-refractivity contribution >= 4 is 16.8 Å². The molecule has 1 amide bonds. The molecule has 0 unspecified atom stereocenters. The Morgan fingerprint density at radius 2 is 2.14 bits per heavy atom. The van der Waals surface area contributed by atoms with E-state index in [0.29, 0.717) is 0 Å². The molecule has 0 aliphatic heterocycles. The van der Waals surface area contributed by atoms with Gasteiger partial charge in [-0.05, 0) is 43.5 Å². The average molecular weight is 304 g/mol. The van der Waals surface area contributed by atoms with E-state index in [1.165, 1.54) is 12.1 Å². The normalized spacial score (nSPS) is 17.0. The number of amides is 1. The zero-order valence-corrected chi connectivity index (χ0v) is 12.7. The van der Waals surface area contributed by atoms with Crippen molar-refractivity contribution in [2.45, 2.75) is 44.6 Å². The van der Waals surface area contributed by atoms with Gasteiger partial charge in [-0.15, -0.1) is 0 Å². The lowest BCUT2D eigenvalue weighted by Gasteiger charge is -2.28. The number of hydrogen-bond acceptors (Lipinski definition) is 2. The largest absolute Gasteiger partial charge is 0.394 e. The first kappa shape index (κ1) is 15.0. The van der Waals surface area contributed by atoms with E-state index in [4.69, 9.17) is 0 Å². The standard InChI is InChI=1S/C17H21FN2O2/c1-11-13(14-8-12(18)4-5-15(14)19-11)9-16(22)20-17(10-21)6-2-3-7-17/h4-5,8,19,21H,2-3,6-7,9-10H2,1H3,(H,20,22). The van der Waals surface area contributed by atoms with Crippen LogP contribution in [0.25, 0.3) is 10.9 Å². The van der Waals surface area contributed by atoms with E-state index < -0.39 is 5.54 Å². The average Bonchev–Trinajstić information content (AvgIpc) is 3.06. The van der Waals surface area contributed by atoms with Crippen LogP contribution in [0.4, 0.5) is 4.39 Å². The Morgan fingerprint density at radius 1 is 1.41 bits per heavy atom. The molecule has 0 bridgehead atoms. The van der Waals surface area contributed by atoms with Crippen LogP contribution in [-0.2, 0) is 11.2 Å².